The zero-order valence-corrected chi connectivity index (χ0v) is 9.03. The summed E-state index contributed by atoms with van der Waals surface area (Å²) in [6.45, 7) is 3.41. The number of hydrogen-bond acceptors (Lipinski definition) is 2. The van der Waals surface area contributed by atoms with E-state index in [1.807, 2.05) is 17.9 Å². The van der Waals surface area contributed by atoms with Gasteiger partial charge in [0.1, 0.15) is 0 Å². The Morgan fingerprint density at radius 3 is 3.00 bits per heavy atom. The molecule has 3 nitrogen and oxygen atoms in total. The summed E-state index contributed by atoms with van der Waals surface area (Å²) in [5.41, 5.74) is 1.34. The summed E-state index contributed by atoms with van der Waals surface area (Å²) in [5, 5.41) is 7.73. The molecule has 0 saturated heterocycles. The van der Waals surface area contributed by atoms with E-state index in [0.29, 0.717) is 5.92 Å². The molecule has 1 aromatic heterocycles. The molecule has 78 valence electrons. The van der Waals surface area contributed by atoms with Gasteiger partial charge < -0.3 is 5.32 Å². The molecule has 1 saturated carbocycles. The fraction of sp³-hybridized carbons (Fsp3) is 0.727. The maximum atomic E-state index is 4.19. The highest BCUT2D eigenvalue weighted by Crippen LogP contribution is 2.20. The standard InChI is InChI=1S/C11H19N3/c1-9(5-7-12-10-3-4-10)11-6-8-13-14(11)2/h6,8-10,12H,3-5,7H2,1-2H3. The topological polar surface area (TPSA) is 29.9 Å². The Labute approximate surface area is 85.5 Å². The number of aromatic nitrogens is 2. The third-order valence-corrected chi connectivity index (χ3v) is 2.95. The van der Waals surface area contributed by atoms with Crippen LogP contribution in [-0.4, -0.2) is 22.4 Å². The van der Waals surface area contributed by atoms with Crippen molar-refractivity contribution in [1.82, 2.24) is 15.1 Å². The van der Waals surface area contributed by atoms with Gasteiger partial charge in [-0.15, -0.1) is 0 Å². The highest BCUT2D eigenvalue weighted by atomic mass is 15.3. The Bertz CT molecular complexity index is 288. The van der Waals surface area contributed by atoms with Gasteiger partial charge in [0.2, 0.25) is 0 Å². The van der Waals surface area contributed by atoms with Crippen molar-refractivity contribution in [1.29, 1.82) is 0 Å². The first-order valence-corrected chi connectivity index (χ1v) is 5.48. The number of hydrogen-bond donors (Lipinski definition) is 1. The van der Waals surface area contributed by atoms with Gasteiger partial charge in [0.05, 0.1) is 0 Å². The van der Waals surface area contributed by atoms with E-state index in [4.69, 9.17) is 0 Å². The van der Waals surface area contributed by atoms with Crippen molar-refractivity contribution < 1.29 is 0 Å². The van der Waals surface area contributed by atoms with Gasteiger partial charge in [-0.05, 0) is 37.8 Å². The molecule has 0 bridgehead atoms. The number of nitrogens with zero attached hydrogens (tertiary/aromatic N) is 2. The van der Waals surface area contributed by atoms with Crippen LogP contribution < -0.4 is 5.32 Å². The van der Waals surface area contributed by atoms with Gasteiger partial charge >= 0.3 is 0 Å². The van der Waals surface area contributed by atoms with Crippen LogP contribution in [0.25, 0.3) is 0 Å². The van der Waals surface area contributed by atoms with Crippen LogP contribution in [0, 0.1) is 0 Å². The molecule has 0 radical (unpaired) electrons. The van der Waals surface area contributed by atoms with Crippen LogP contribution in [0.3, 0.4) is 0 Å². The van der Waals surface area contributed by atoms with Crippen molar-refractivity contribution in [3.05, 3.63) is 18.0 Å². The second-order valence-electron chi connectivity index (χ2n) is 4.30. The molecular weight excluding hydrogens is 174 g/mol. The van der Waals surface area contributed by atoms with Crippen molar-refractivity contribution in [3.8, 4) is 0 Å². The van der Waals surface area contributed by atoms with Crippen molar-refractivity contribution in [2.45, 2.75) is 38.1 Å². The van der Waals surface area contributed by atoms with E-state index in [1.165, 1.54) is 25.0 Å². The Kier molecular flexibility index (Phi) is 2.87. The summed E-state index contributed by atoms with van der Waals surface area (Å²) >= 11 is 0. The lowest BCUT2D eigenvalue weighted by Crippen LogP contribution is -2.19. The summed E-state index contributed by atoms with van der Waals surface area (Å²) in [6.07, 6.45) is 5.83. The fourth-order valence-electron chi connectivity index (χ4n) is 1.81. The van der Waals surface area contributed by atoms with Crippen molar-refractivity contribution >= 4 is 0 Å². The Balaban J connectivity index is 1.76. The molecule has 0 aliphatic heterocycles. The van der Waals surface area contributed by atoms with Gasteiger partial charge in [0.25, 0.3) is 0 Å². The maximum absolute atomic E-state index is 4.19. The quantitative estimate of drug-likeness (QED) is 0.771. The third kappa shape index (κ3) is 2.35. The molecule has 3 heteroatoms. The summed E-state index contributed by atoms with van der Waals surface area (Å²) in [5.74, 6) is 0.605. The predicted octanol–water partition coefficient (Wildman–Crippen LogP) is 1.67. The minimum Gasteiger partial charge on any atom is -0.314 e. The third-order valence-electron chi connectivity index (χ3n) is 2.95. The van der Waals surface area contributed by atoms with E-state index in [0.717, 1.165) is 12.6 Å². The second-order valence-corrected chi connectivity index (χ2v) is 4.30. The van der Waals surface area contributed by atoms with Crippen LogP contribution in [-0.2, 0) is 7.05 Å². The number of rotatable bonds is 5. The molecule has 1 aliphatic carbocycles. The largest absolute Gasteiger partial charge is 0.314 e. The van der Waals surface area contributed by atoms with E-state index in [9.17, 15) is 0 Å². The molecular formula is C11H19N3. The van der Waals surface area contributed by atoms with Crippen molar-refractivity contribution in [2.24, 2.45) is 7.05 Å². The average Bonchev–Trinajstić information content (AvgIpc) is 2.87. The van der Waals surface area contributed by atoms with E-state index in [1.54, 1.807) is 0 Å². The SMILES string of the molecule is CC(CCNC1CC1)c1ccnn1C. The molecule has 14 heavy (non-hydrogen) atoms. The minimum absolute atomic E-state index is 0.605. The van der Waals surface area contributed by atoms with Crippen LogP contribution in [0.2, 0.25) is 0 Å². The molecule has 1 aromatic rings. The number of aryl methyl sites for hydroxylation is 1. The summed E-state index contributed by atoms with van der Waals surface area (Å²) in [7, 11) is 2.01. The zero-order chi connectivity index (χ0) is 9.97. The van der Waals surface area contributed by atoms with Gasteiger partial charge in [-0.3, -0.25) is 4.68 Å². The molecule has 0 amide bonds. The summed E-state index contributed by atoms with van der Waals surface area (Å²) in [4.78, 5) is 0. The van der Waals surface area contributed by atoms with E-state index in [-0.39, 0.29) is 0 Å². The van der Waals surface area contributed by atoms with Crippen molar-refractivity contribution in [2.75, 3.05) is 6.54 Å². The zero-order valence-electron chi connectivity index (χ0n) is 9.03. The number of nitrogens with one attached hydrogen (secondary N) is 1. The molecule has 2 rings (SSSR count). The normalized spacial score (nSPS) is 18.4. The molecule has 0 spiro atoms. The lowest BCUT2D eigenvalue weighted by Gasteiger charge is -2.11. The summed E-state index contributed by atoms with van der Waals surface area (Å²) in [6, 6.07) is 2.94. The average molecular weight is 193 g/mol. The fourth-order valence-corrected chi connectivity index (χ4v) is 1.81. The molecule has 0 aromatic carbocycles. The summed E-state index contributed by atoms with van der Waals surface area (Å²) < 4.78 is 1.97. The van der Waals surface area contributed by atoms with Gasteiger partial charge in [-0.1, -0.05) is 6.92 Å². The van der Waals surface area contributed by atoms with Gasteiger partial charge in [-0.2, -0.15) is 5.10 Å². The Morgan fingerprint density at radius 1 is 1.64 bits per heavy atom. The maximum Gasteiger partial charge on any atom is 0.0492 e. The van der Waals surface area contributed by atoms with E-state index in [2.05, 4.69) is 23.4 Å². The Hall–Kier alpha value is -0.830. The minimum atomic E-state index is 0.605. The van der Waals surface area contributed by atoms with Gasteiger partial charge in [-0.25, -0.2) is 0 Å². The highest BCUT2D eigenvalue weighted by molar-refractivity contribution is 5.06. The van der Waals surface area contributed by atoms with Crippen LogP contribution in [0.5, 0.6) is 0 Å². The molecule has 1 aliphatic rings. The molecule has 1 N–H and O–H groups in total. The van der Waals surface area contributed by atoms with Gasteiger partial charge in [0, 0.05) is 25.0 Å². The van der Waals surface area contributed by atoms with Crippen LogP contribution in [0.15, 0.2) is 12.3 Å². The van der Waals surface area contributed by atoms with Gasteiger partial charge in [0.15, 0.2) is 0 Å². The predicted molar refractivity (Wildman–Crippen MR) is 57.3 cm³/mol. The molecule has 1 heterocycles. The lowest BCUT2D eigenvalue weighted by atomic mass is 10.0. The van der Waals surface area contributed by atoms with E-state index < -0.39 is 0 Å². The first-order chi connectivity index (χ1) is 6.77. The van der Waals surface area contributed by atoms with Crippen LogP contribution >= 0.6 is 0 Å². The first kappa shape index (κ1) is 9.71. The van der Waals surface area contributed by atoms with Crippen molar-refractivity contribution in [3.63, 3.8) is 0 Å². The smallest absolute Gasteiger partial charge is 0.0492 e. The second kappa shape index (κ2) is 4.13. The monoisotopic (exact) mass is 193 g/mol. The molecule has 1 unspecified atom stereocenters. The van der Waals surface area contributed by atoms with E-state index >= 15 is 0 Å². The van der Waals surface area contributed by atoms with Crippen LogP contribution in [0.4, 0.5) is 0 Å². The Morgan fingerprint density at radius 2 is 2.43 bits per heavy atom. The first-order valence-electron chi connectivity index (χ1n) is 5.48. The molecule has 1 fully saturated rings. The highest BCUT2D eigenvalue weighted by Gasteiger charge is 2.20. The lowest BCUT2D eigenvalue weighted by molar-refractivity contribution is 0.558. The van der Waals surface area contributed by atoms with Crippen LogP contribution in [0.1, 0.15) is 37.8 Å². The molecule has 1 atom stereocenters.